The molecular weight excluding hydrogens is 312 g/mol. The maximum Gasteiger partial charge on any atom is 0.303 e. The van der Waals surface area contributed by atoms with Crippen LogP contribution in [-0.4, -0.2) is 36.5 Å². The van der Waals surface area contributed by atoms with E-state index in [1.54, 1.807) is 6.92 Å². The Morgan fingerprint density at radius 2 is 1.96 bits per heavy atom. The molecule has 2 aliphatic heterocycles. The Morgan fingerprint density at radius 3 is 2.54 bits per heavy atom. The van der Waals surface area contributed by atoms with Gasteiger partial charge in [-0.3, -0.25) is 9.59 Å². The summed E-state index contributed by atoms with van der Waals surface area (Å²) < 4.78 is 22.5. The van der Waals surface area contributed by atoms with Crippen molar-refractivity contribution in [1.29, 1.82) is 0 Å². The zero-order chi connectivity index (χ0) is 17.6. The third-order valence-corrected chi connectivity index (χ3v) is 3.61. The van der Waals surface area contributed by atoms with E-state index in [1.165, 1.54) is 19.9 Å². The maximum atomic E-state index is 11.5. The summed E-state index contributed by atoms with van der Waals surface area (Å²) in [5.41, 5.74) is 0. The molecular formula is C18H20O6. The standard InChI is InChI=1S/C18H20O6/c1-4-5-6-7-10-15-16(22-13(2)19)17(23-14(3)20)18(24-15)11-8-9-12-21-18/h10,16-17H,8-9,11-12H2,1-3H3/b15-10-/t16-,17+,18-/m0/s1. The summed E-state index contributed by atoms with van der Waals surface area (Å²) in [7, 11) is 0. The van der Waals surface area contributed by atoms with Gasteiger partial charge in [0.25, 0.3) is 5.79 Å². The van der Waals surface area contributed by atoms with E-state index >= 15 is 0 Å². The van der Waals surface area contributed by atoms with Crippen molar-refractivity contribution in [2.75, 3.05) is 6.61 Å². The molecule has 2 fully saturated rings. The number of hydrogen-bond donors (Lipinski definition) is 0. The van der Waals surface area contributed by atoms with Crippen LogP contribution in [0, 0.1) is 23.7 Å². The first kappa shape index (κ1) is 17.9. The highest BCUT2D eigenvalue weighted by Crippen LogP contribution is 2.43. The van der Waals surface area contributed by atoms with Gasteiger partial charge in [-0.25, -0.2) is 0 Å². The predicted molar refractivity (Wildman–Crippen MR) is 84.0 cm³/mol. The molecule has 0 radical (unpaired) electrons. The Bertz CT molecular complexity index is 648. The number of allylic oxidation sites excluding steroid dienone is 1. The lowest BCUT2D eigenvalue weighted by atomic mass is 9.98. The molecule has 1 spiro atoms. The summed E-state index contributed by atoms with van der Waals surface area (Å²) in [5, 5.41) is 0. The molecule has 3 atom stereocenters. The van der Waals surface area contributed by atoms with Gasteiger partial charge in [0, 0.05) is 26.3 Å². The van der Waals surface area contributed by atoms with Crippen molar-refractivity contribution < 1.29 is 28.5 Å². The molecule has 0 aromatic carbocycles. The zero-order valence-corrected chi connectivity index (χ0v) is 14.0. The lowest BCUT2D eigenvalue weighted by Gasteiger charge is -2.36. The van der Waals surface area contributed by atoms with Gasteiger partial charge in [0.2, 0.25) is 12.2 Å². The topological polar surface area (TPSA) is 71.1 Å². The summed E-state index contributed by atoms with van der Waals surface area (Å²) in [4.78, 5) is 23.0. The van der Waals surface area contributed by atoms with E-state index in [2.05, 4.69) is 23.7 Å². The average Bonchev–Trinajstić information content (AvgIpc) is 2.78. The summed E-state index contributed by atoms with van der Waals surface area (Å²) in [5.74, 6) is 8.75. The molecule has 0 aromatic rings. The van der Waals surface area contributed by atoms with Crippen molar-refractivity contribution >= 4 is 11.9 Å². The molecule has 128 valence electrons. The number of ether oxygens (including phenoxy) is 4. The Kier molecular flexibility index (Phi) is 5.89. The summed E-state index contributed by atoms with van der Waals surface area (Å²) in [6, 6.07) is 0. The van der Waals surface area contributed by atoms with Crippen molar-refractivity contribution in [3.05, 3.63) is 11.8 Å². The van der Waals surface area contributed by atoms with Crippen LogP contribution in [-0.2, 0) is 28.5 Å². The van der Waals surface area contributed by atoms with Crippen LogP contribution >= 0.6 is 0 Å². The Hall–Kier alpha value is -2.44. The second-order valence-electron chi connectivity index (χ2n) is 5.47. The highest BCUT2D eigenvalue weighted by atomic mass is 16.7. The van der Waals surface area contributed by atoms with E-state index in [9.17, 15) is 9.59 Å². The molecule has 6 nitrogen and oxygen atoms in total. The van der Waals surface area contributed by atoms with Gasteiger partial charge in [0.15, 0.2) is 5.76 Å². The lowest BCUT2D eigenvalue weighted by molar-refractivity contribution is -0.263. The smallest absolute Gasteiger partial charge is 0.303 e. The molecule has 0 unspecified atom stereocenters. The van der Waals surface area contributed by atoms with Crippen LogP contribution in [0.5, 0.6) is 0 Å². The van der Waals surface area contributed by atoms with Crippen LogP contribution in [0.1, 0.15) is 40.0 Å². The molecule has 0 amide bonds. The fourth-order valence-corrected chi connectivity index (χ4v) is 2.74. The van der Waals surface area contributed by atoms with E-state index in [4.69, 9.17) is 18.9 Å². The third kappa shape index (κ3) is 4.10. The van der Waals surface area contributed by atoms with Crippen LogP contribution in [0.15, 0.2) is 11.8 Å². The van der Waals surface area contributed by atoms with E-state index in [0.717, 1.165) is 12.8 Å². The Labute approximate surface area is 141 Å². The molecule has 0 aliphatic carbocycles. The van der Waals surface area contributed by atoms with Crippen molar-refractivity contribution in [1.82, 2.24) is 0 Å². The van der Waals surface area contributed by atoms with Crippen molar-refractivity contribution in [3.63, 3.8) is 0 Å². The SMILES string of the molecule is CC#CC#C/C=C1\O[C@@]2(CCCCO2)[C@H](OC(C)=O)[C@H]1OC(C)=O. The second kappa shape index (κ2) is 7.90. The monoisotopic (exact) mass is 332 g/mol. The van der Waals surface area contributed by atoms with Gasteiger partial charge in [-0.15, -0.1) is 0 Å². The molecule has 2 saturated heterocycles. The first-order valence-corrected chi connectivity index (χ1v) is 7.78. The van der Waals surface area contributed by atoms with Gasteiger partial charge < -0.3 is 18.9 Å². The Morgan fingerprint density at radius 1 is 1.21 bits per heavy atom. The number of hydrogen-bond acceptors (Lipinski definition) is 6. The van der Waals surface area contributed by atoms with Crippen LogP contribution in [0.3, 0.4) is 0 Å². The van der Waals surface area contributed by atoms with Gasteiger partial charge in [0.05, 0.1) is 6.61 Å². The normalized spacial score (nSPS) is 29.7. The first-order valence-electron chi connectivity index (χ1n) is 7.78. The second-order valence-corrected chi connectivity index (χ2v) is 5.47. The quantitative estimate of drug-likeness (QED) is 0.566. The van der Waals surface area contributed by atoms with E-state index in [-0.39, 0.29) is 0 Å². The molecule has 2 aliphatic rings. The number of esters is 2. The minimum absolute atomic E-state index is 0.295. The van der Waals surface area contributed by atoms with E-state index in [0.29, 0.717) is 18.8 Å². The van der Waals surface area contributed by atoms with Gasteiger partial charge in [0.1, 0.15) is 0 Å². The predicted octanol–water partition coefficient (Wildman–Crippen LogP) is 1.69. The molecule has 0 N–H and O–H groups in total. The van der Waals surface area contributed by atoms with E-state index in [1.807, 2.05) is 0 Å². The van der Waals surface area contributed by atoms with Gasteiger partial charge in [-0.1, -0.05) is 11.8 Å². The van der Waals surface area contributed by atoms with Gasteiger partial charge >= 0.3 is 11.9 Å². The molecule has 0 aromatic heterocycles. The molecule has 6 heteroatoms. The molecule has 0 saturated carbocycles. The fraction of sp³-hybridized carbons (Fsp3) is 0.556. The molecule has 0 bridgehead atoms. The van der Waals surface area contributed by atoms with Crippen LogP contribution in [0.2, 0.25) is 0 Å². The molecule has 24 heavy (non-hydrogen) atoms. The maximum absolute atomic E-state index is 11.5. The van der Waals surface area contributed by atoms with Crippen molar-refractivity contribution in [3.8, 4) is 23.7 Å². The zero-order valence-electron chi connectivity index (χ0n) is 14.0. The van der Waals surface area contributed by atoms with Crippen LogP contribution in [0.25, 0.3) is 0 Å². The summed E-state index contributed by atoms with van der Waals surface area (Å²) >= 11 is 0. The fourth-order valence-electron chi connectivity index (χ4n) is 2.74. The summed E-state index contributed by atoms with van der Waals surface area (Å²) in [6.45, 7) is 4.73. The lowest BCUT2D eigenvalue weighted by Crippen LogP contribution is -2.50. The summed E-state index contributed by atoms with van der Waals surface area (Å²) in [6.07, 6.45) is 1.98. The minimum atomic E-state index is -1.14. The number of carbonyl (C=O) groups is 2. The van der Waals surface area contributed by atoms with Crippen molar-refractivity contribution in [2.45, 2.75) is 58.0 Å². The highest BCUT2D eigenvalue weighted by molar-refractivity contribution is 5.68. The Balaban J connectivity index is 2.38. The third-order valence-electron chi connectivity index (χ3n) is 3.61. The minimum Gasteiger partial charge on any atom is -0.458 e. The van der Waals surface area contributed by atoms with Crippen molar-refractivity contribution in [2.24, 2.45) is 0 Å². The number of rotatable bonds is 2. The highest BCUT2D eigenvalue weighted by Gasteiger charge is 2.59. The molecule has 2 heterocycles. The average molecular weight is 332 g/mol. The van der Waals surface area contributed by atoms with Crippen LogP contribution in [0.4, 0.5) is 0 Å². The van der Waals surface area contributed by atoms with E-state index < -0.39 is 29.9 Å². The van der Waals surface area contributed by atoms with Crippen LogP contribution < -0.4 is 0 Å². The first-order chi connectivity index (χ1) is 11.5. The van der Waals surface area contributed by atoms with Gasteiger partial charge in [-0.2, -0.15) is 0 Å². The number of carbonyl (C=O) groups excluding carboxylic acids is 2. The largest absolute Gasteiger partial charge is 0.458 e. The molecule has 2 rings (SSSR count). The van der Waals surface area contributed by atoms with Gasteiger partial charge in [-0.05, 0) is 31.6 Å².